The number of imide groups is 1. The van der Waals surface area contributed by atoms with E-state index in [0.29, 0.717) is 18.8 Å². The second-order valence-corrected chi connectivity index (χ2v) is 7.72. The number of urea groups is 1. The molecule has 1 atom stereocenters. The Morgan fingerprint density at radius 1 is 1.34 bits per heavy atom. The Kier molecular flexibility index (Phi) is 5.86. The van der Waals surface area contributed by atoms with Gasteiger partial charge in [0.05, 0.1) is 0 Å². The summed E-state index contributed by atoms with van der Waals surface area (Å²) in [7, 11) is 0. The van der Waals surface area contributed by atoms with Crippen molar-refractivity contribution in [2.75, 3.05) is 11.9 Å². The minimum absolute atomic E-state index is 0.223. The van der Waals surface area contributed by atoms with E-state index in [4.69, 9.17) is 4.74 Å². The Labute approximate surface area is 167 Å². The smallest absolute Gasteiger partial charge is 0.327 e. The van der Waals surface area contributed by atoms with E-state index in [1.807, 2.05) is 0 Å². The normalized spacial score (nSPS) is 24.9. The van der Waals surface area contributed by atoms with Gasteiger partial charge in [0, 0.05) is 5.69 Å². The Balaban J connectivity index is 1.55. The monoisotopic (exact) mass is 405 g/mol. The maximum Gasteiger partial charge on any atom is 0.327 e. The molecule has 0 aromatic heterocycles. The number of rotatable bonds is 5. The summed E-state index contributed by atoms with van der Waals surface area (Å²) in [6.45, 7) is 2.88. The fraction of sp³-hybridized carbons (Fsp3) is 0.500. The van der Waals surface area contributed by atoms with Gasteiger partial charge in [-0.2, -0.15) is 0 Å². The maximum absolute atomic E-state index is 13.2. The number of ether oxygens (including phenoxy) is 1. The molecule has 1 aromatic carbocycles. The molecule has 2 N–H and O–H groups in total. The van der Waals surface area contributed by atoms with Crippen LogP contribution in [0, 0.1) is 11.7 Å². The van der Waals surface area contributed by atoms with Gasteiger partial charge in [-0.25, -0.2) is 9.18 Å². The minimum atomic E-state index is -1.18. The number of hydrogen-bond donors (Lipinski definition) is 2. The van der Waals surface area contributed by atoms with Crippen molar-refractivity contribution in [2.24, 2.45) is 5.92 Å². The van der Waals surface area contributed by atoms with Crippen LogP contribution in [-0.2, 0) is 19.1 Å². The van der Waals surface area contributed by atoms with Gasteiger partial charge in [0.15, 0.2) is 6.10 Å². The number of benzene rings is 1. The largest absolute Gasteiger partial charge is 0.451 e. The lowest BCUT2D eigenvalue weighted by Crippen LogP contribution is -2.49. The first-order valence-corrected chi connectivity index (χ1v) is 9.60. The standard InChI is InChI=1S/C20H24FN3O5/c1-12-6-8-20(9-7-12)18(27)24(19(28)23-20)11-16(25)29-13(2)17(26)22-15-5-3-4-14(21)10-15/h3-5,10,12-13H,6-9,11H2,1-2H3,(H,22,26)(H,23,28). The lowest BCUT2D eigenvalue weighted by Gasteiger charge is -2.33. The molecule has 2 aliphatic rings. The van der Waals surface area contributed by atoms with Crippen molar-refractivity contribution >= 4 is 29.5 Å². The third-order valence-corrected chi connectivity index (χ3v) is 5.43. The summed E-state index contributed by atoms with van der Waals surface area (Å²) in [5.41, 5.74) is -0.718. The predicted molar refractivity (Wildman–Crippen MR) is 101 cm³/mol. The van der Waals surface area contributed by atoms with Crippen LogP contribution in [0.1, 0.15) is 39.5 Å². The van der Waals surface area contributed by atoms with Crippen molar-refractivity contribution in [3.8, 4) is 0 Å². The van der Waals surface area contributed by atoms with Gasteiger partial charge in [-0.05, 0) is 56.7 Å². The molecule has 1 unspecified atom stereocenters. The van der Waals surface area contributed by atoms with Gasteiger partial charge in [0.25, 0.3) is 11.8 Å². The molecule has 0 bridgehead atoms. The van der Waals surface area contributed by atoms with Crippen molar-refractivity contribution < 1.29 is 28.3 Å². The highest BCUT2D eigenvalue weighted by Crippen LogP contribution is 2.36. The summed E-state index contributed by atoms with van der Waals surface area (Å²) >= 11 is 0. The molecule has 2 fully saturated rings. The van der Waals surface area contributed by atoms with Crippen molar-refractivity contribution in [1.29, 1.82) is 0 Å². The number of esters is 1. The van der Waals surface area contributed by atoms with E-state index < -0.39 is 47.8 Å². The number of anilines is 1. The van der Waals surface area contributed by atoms with Crippen LogP contribution in [-0.4, -0.2) is 46.9 Å². The van der Waals surface area contributed by atoms with E-state index in [-0.39, 0.29) is 5.69 Å². The van der Waals surface area contributed by atoms with Crippen LogP contribution in [0.5, 0.6) is 0 Å². The molecule has 3 rings (SSSR count). The van der Waals surface area contributed by atoms with Gasteiger partial charge in [-0.1, -0.05) is 13.0 Å². The molecule has 29 heavy (non-hydrogen) atoms. The molecular formula is C20H24FN3O5. The molecule has 8 nitrogen and oxygen atoms in total. The Morgan fingerprint density at radius 2 is 2.03 bits per heavy atom. The number of carbonyl (C=O) groups excluding carboxylic acids is 4. The zero-order valence-corrected chi connectivity index (χ0v) is 16.4. The highest BCUT2D eigenvalue weighted by atomic mass is 19.1. The Morgan fingerprint density at radius 3 is 2.69 bits per heavy atom. The van der Waals surface area contributed by atoms with Crippen LogP contribution in [0.4, 0.5) is 14.9 Å². The topological polar surface area (TPSA) is 105 Å². The van der Waals surface area contributed by atoms with Crippen LogP contribution in [0.25, 0.3) is 0 Å². The van der Waals surface area contributed by atoms with Crippen molar-refractivity contribution in [3.63, 3.8) is 0 Å². The summed E-state index contributed by atoms with van der Waals surface area (Å²) in [5, 5.41) is 5.16. The fourth-order valence-electron chi connectivity index (χ4n) is 3.64. The molecule has 9 heteroatoms. The van der Waals surface area contributed by atoms with Gasteiger partial charge in [-0.3, -0.25) is 19.3 Å². The number of carbonyl (C=O) groups is 4. The number of nitrogens with zero attached hydrogens (tertiary/aromatic N) is 1. The van der Waals surface area contributed by atoms with Crippen LogP contribution in [0.2, 0.25) is 0 Å². The van der Waals surface area contributed by atoms with Crippen LogP contribution in [0.15, 0.2) is 24.3 Å². The fourth-order valence-corrected chi connectivity index (χ4v) is 3.64. The van der Waals surface area contributed by atoms with E-state index in [2.05, 4.69) is 17.6 Å². The summed E-state index contributed by atoms with van der Waals surface area (Å²) in [5.74, 6) is -1.99. The van der Waals surface area contributed by atoms with Crippen molar-refractivity contribution in [1.82, 2.24) is 10.2 Å². The summed E-state index contributed by atoms with van der Waals surface area (Å²) in [6.07, 6.45) is 1.53. The maximum atomic E-state index is 13.2. The molecule has 1 saturated heterocycles. The van der Waals surface area contributed by atoms with Crippen LogP contribution >= 0.6 is 0 Å². The summed E-state index contributed by atoms with van der Waals surface area (Å²) in [4.78, 5) is 50.2. The van der Waals surface area contributed by atoms with Gasteiger partial charge < -0.3 is 15.4 Å². The van der Waals surface area contributed by atoms with E-state index in [1.54, 1.807) is 0 Å². The molecular weight excluding hydrogens is 381 g/mol. The molecule has 0 radical (unpaired) electrons. The second-order valence-electron chi connectivity index (χ2n) is 7.72. The zero-order chi connectivity index (χ0) is 21.2. The van der Waals surface area contributed by atoms with Gasteiger partial charge >= 0.3 is 12.0 Å². The molecule has 1 spiro atoms. The minimum Gasteiger partial charge on any atom is -0.451 e. The first kappa shape index (κ1) is 20.8. The molecule has 1 heterocycles. The van der Waals surface area contributed by atoms with Crippen LogP contribution in [0.3, 0.4) is 0 Å². The first-order valence-electron chi connectivity index (χ1n) is 9.60. The Bertz CT molecular complexity index is 835. The third kappa shape index (κ3) is 4.55. The number of halogens is 1. The lowest BCUT2D eigenvalue weighted by molar-refractivity contribution is -0.155. The molecule has 1 aromatic rings. The summed E-state index contributed by atoms with van der Waals surface area (Å²) in [6, 6.07) is 4.66. The van der Waals surface area contributed by atoms with E-state index in [0.717, 1.165) is 23.8 Å². The highest BCUT2D eigenvalue weighted by Gasteiger charge is 2.52. The van der Waals surface area contributed by atoms with Crippen LogP contribution < -0.4 is 10.6 Å². The lowest BCUT2D eigenvalue weighted by atomic mass is 9.77. The van der Waals surface area contributed by atoms with Gasteiger partial charge in [0.1, 0.15) is 17.9 Å². The number of nitrogens with one attached hydrogen (secondary N) is 2. The number of amides is 4. The summed E-state index contributed by atoms with van der Waals surface area (Å²) < 4.78 is 18.2. The van der Waals surface area contributed by atoms with Gasteiger partial charge in [0.2, 0.25) is 0 Å². The zero-order valence-electron chi connectivity index (χ0n) is 16.4. The van der Waals surface area contributed by atoms with E-state index >= 15 is 0 Å². The number of hydrogen-bond acceptors (Lipinski definition) is 5. The Hall–Kier alpha value is -2.97. The molecule has 1 aliphatic carbocycles. The first-order chi connectivity index (χ1) is 13.7. The quantitative estimate of drug-likeness (QED) is 0.577. The molecule has 1 saturated carbocycles. The SMILES string of the molecule is CC1CCC2(CC1)NC(=O)N(CC(=O)OC(C)C(=O)Nc1cccc(F)c1)C2=O. The average molecular weight is 405 g/mol. The van der Waals surface area contributed by atoms with Gasteiger partial charge in [-0.15, -0.1) is 0 Å². The molecule has 156 valence electrons. The predicted octanol–water partition coefficient (Wildman–Crippen LogP) is 2.20. The third-order valence-electron chi connectivity index (χ3n) is 5.43. The van der Waals surface area contributed by atoms with E-state index in [1.165, 1.54) is 25.1 Å². The molecule has 4 amide bonds. The second kappa shape index (κ2) is 8.18. The van der Waals surface area contributed by atoms with E-state index in [9.17, 15) is 23.6 Å². The molecule has 1 aliphatic heterocycles. The highest BCUT2D eigenvalue weighted by molar-refractivity contribution is 6.08. The average Bonchev–Trinajstić information content (AvgIpc) is 2.88. The van der Waals surface area contributed by atoms with Crippen molar-refractivity contribution in [3.05, 3.63) is 30.1 Å². The van der Waals surface area contributed by atoms with Crippen molar-refractivity contribution in [2.45, 2.75) is 51.2 Å².